The molecule has 17 heavy (non-hydrogen) atoms. The molecule has 0 saturated carbocycles. The van der Waals surface area contributed by atoms with Crippen LogP contribution in [0.5, 0.6) is 0 Å². The first-order chi connectivity index (χ1) is 8.02. The quantitative estimate of drug-likeness (QED) is 0.625. The number of pyridine rings is 1. The number of rotatable bonds is 4. The normalized spacial score (nSPS) is 10.7. The summed E-state index contributed by atoms with van der Waals surface area (Å²) in [5.41, 5.74) is -0.188. The number of ether oxygens (including phenoxy) is 1. The predicted octanol–water partition coefficient (Wildman–Crippen LogP) is 3.70. The fourth-order valence-corrected chi connectivity index (χ4v) is 2.29. The first kappa shape index (κ1) is 14.3. The Morgan fingerprint density at radius 2 is 2.29 bits per heavy atom. The van der Waals surface area contributed by atoms with E-state index in [4.69, 9.17) is 16.3 Å². The Balaban J connectivity index is 3.24. The van der Waals surface area contributed by atoms with Gasteiger partial charge in [0, 0.05) is 17.6 Å². The Morgan fingerprint density at radius 3 is 2.76 bits per heavy atom. The van der Waals surface area contributed by atoms with Crippen molar-refractivity contribution in [2.45, 2.75) is 19.2 Å². The number of carbonyl (C=O) groups is 1. The van der Waals surface area contributed by atoms with E-state index in [1.165, 1.54) is 0 Å². The first-order valence-electron chi connectivity index (χ1n) is 4.71. The fraction of sp³-hybridized carbons (Fsp3) is 0.400. The summed E-state index contributed by atoms with van der Waals surface area (Å²) in [6, 6.07) is 0. The van der Waals surface area contributed by atoms with Crippen LogP contribution < -0.4 is 0 Å². The summed E-state index contributed by atoms with van der Waals surface area (Å²) < 4.78 is 30.2. The zero-order valence-corrected chi connectivity index (χ0v) is 11.2. The zero-order valence-electron chi connectivity index (χ0n) is 8.84. The smallest absolute Gasteiger partial charge is 0.358 e. The molecule has 0 aromatic carbocycles. The minimum Gasteiger partial charge on any atom is -0.461 e. The summed E-state index contributed by atoms with van der Waals surface area (Å²) in [6.45, 7) is 1.82. The second-order valence-electron chi connectivity index (χ2n) is 3.01. The van der Waals surface area contributed by atoms with Gasteiger partial charge in [-0.1, -0.05) is 0 Å². The van der Waals surface area contributed by atoms with Crippen molar-refractivity contribution in [2.75, 3.05) is 6.61 Å². The third-order valence-electron chi connectivity index (χ3n) is 1.99. The first-order valence-corrected chi connectivity index (χ1v) is 6.04. The van der Waals surface area contributed by atoms with E-state index < -0.39 is 12.4 Å². The zero-order chi connectivity index (χ0) is 13.0. The monoisotopic (exact) mass is 327 g/mol. The van der Waals surface area contributed by atoms with Crippen LogP contribution in [0.25, 0.3) is 0 Å². The van der Waals surface area contributed by atoms with E-state index in [-0.39, 0.29) is 33.8 Å². The lowest BCUT2D eigenvalue weighted by molar-refractivity contribution is 0.0517. The minimum absolute atomic E-state index is 0.0492. The van der Waals surface area contributed by atoms with Gasteiger partial charge >= 0.3 is 5.97 Å². The van der Waals surface area contributed by atoms with Gasteiger partial charge in [-0.15, -0.1) is 11.6 Å². The molecule has 0 N–H and O–H groups in total. The molecule has 1 aromatic heterocycles. The van der Waals surface area contributed by atoms with Gasteiger partial charge < -0.3 is 4.74 Å². The summed E-state index contributed by atoms with van der Waals surface area (Å²) in [5.74, 6) is -0.818. The van der Waals surface area contributed by atoms with E-state index in [1.54, 1.807) is 6.92 Å². The number of alkyl halides is 3. The third kappa shape index (κ3) is 3.13. The van der Waals surface area contributed by atoms with Gasteiger partial charge in [-0.3, -0.25) is 0 Å². The summed E-state index contributed by atoms with van der Waals surface area (Å²) in [6.07, 6.45) is -1.75. The number of halogens is 4. The molecule has 1 heterocycles. The molecule has 0 aliphatic rings. The van der Waals surface area contributed by atoms with Crippen molar-refractivity contribution >= 4 is 33.5 Å². The van der Waals surface area contributed by atoms with Gasteiger partial charge in [-0.05, 0) is 28.4 Å². The van der Waals surface area contributed by atoms with Crippen LogP contribution in [0, 0.1) is 0 Å². The van der Waals surface area contributed by atoms with Crippen LogP contribution in [0.1, 0.15) is 35.0 Å². The Kier molecular flexibility index (Phi) is 5.27. The molecule has 0 atom stereocenters. The van der Waals surface area contributed by atoms with Gasteiger partial charge in [0.15, 0.2) is 5.69 Å². The number of hydrogen-bond donors (Lipinski definition) is 0. The predicted molar refractivity (Wildman–Crippen MR) is 62.4 cm³/mol. The van der Waals surface area contributed by atoms with Crippen LogP contribution in [0.4, 0.5) is 8.78 Å². The molecule has 7 heteroatoms. The molecule has 1 aromatic rings. The van der Waals surface area contributed by atoms with Crippen molar-refractivity contribution in [1.29, 1.82) is 0 Å². The van der Waals surface area contributed by atoms with Gasteiger partial charge in [0.05, 0.1) is 11.1 Å². The number of esters is 1. The number of nitrogens with zero attached hydrogens (tertiary/aromatic N) is 1. The highest BCUT2D eigenvalue weighted by Crippen LogP contribution is 2.31. The molecule has 0 fully saturated rings. The highest BCUT2D eigenvalue weighted by molar-refractivity contribution is 9.10. The summed E-state index contributed by atoms with van der Waals surface area (Å²) in [7, 11) is 0. The van der Waals surface area contributed by atoms with Crippen molar-refractivity contribution in [1.82, 2.24) is 4.98 Å². The van der Waals surface area contributed by atoms with E-state index in [0.717, 1.165) is 6.20 Å². The Bertz CT molecular complexity index is 429. The lowest BCUT2D eigenvalue weighted by Gasteiger charge is -2.11. The van der Waals surface area contributed by atoms with E-state index in [9.17, 15) is 13.6 Å². The van der Waals surface area contributed by atoms with Crippen molar-refractivity contribution in [3.63, 3.8) is 0 Å². The highest BCUT2D eigenvalue weighted by Gasteiger charge is 2.22. The van der Waals surface area contributed by atoms with E-state index >= 15 is 0 Å². The maximum Gasteiger partial charge on any atom is 0.358 e. The SMILES string of the molecule is CCOC(=O)c1ncc(C(F)F)c(CCl)c1Br. The van der Waals surface area contributed by atoms with Gasteiger partial charge in [0.2, 0.25) is 0 Å². The summed E-state index contributed by atoms with van der Waals surface area (Å²) >= 11 is 8.64. The Labute approximate surface area is 110 Å². The second-order valence-corrected chi connectivity index (χ2v) is 4.07. The van der Waals surface area contributed by atoms with E-state index in [2.05, 4.69) is 20.9 Å². The van der Waals surface area contributed by atoms with Crippen molar-refractivity contribution in [3.8, 4) is 0 Å². The Morgan fingerprint density at radius 1 is 1.65 bits per heavy atom. The van der Waals surface area contributed by atoms with Crippen LogP contribution in [0.3, 0.4) is 0 Å². The van der Waals surface area contributed by atoms with Crippen LogP contribution in [-0.4, -0.2) is 17.6 Å². The molecule has 3 nitrogen and oxygen atoms in total. The maximum atomic E-state index is 12.6. The van der Waals surface area contributed by atoms with Crippen LogP contribution in [0.15, 0.2) is 10.7 Å². The fourth-order valence-electron chi connectivity index (χ4n) is 1.20. The molecule has 0 amide bonds. The van der Waals surface area contributed by atoms with Gasteiger partial charge in [-0.25, -0.2) is 18.6 Å². The van der Waals surface area contributed by atoms with Gasteiger partial charge in [0.25, 0.3) is 6.43 Å². The van der Waals surface area contributed by atoms with Crippen LogP contribution >= 0.6 is 27.5 Å². The molecular formula is C10H9BrClF2NO2. The van der Waals surface area contributed by atoms with Crippen molar-refractivity contribution in [3.05, 3.63) is 27.5 Å². The lowest BCUT2D eigenvalue weighted by Crippen LogP contribution is -2.10. The van der Waals surface area contributed by atoms with Gasteiger partial charge in [0.1, 0.15) is 0 Å². The topological polar surface area (TPSA) is 39.2 Å². The maximum absolute atomic E-state index is 12.6. The Hall–Kier alpha value is -0.750. The number of aromatic nitrogens is 1. The van der Waals surface area contributed by atoms with Gasteiger partial charge in [-0.2, -0.15) is 0 Å². The molecule has 0 spiro atoms. The lowest BCUT2D eigenvalue weighted by atomic mass is 10.1. The molecule has 0 aliphatic heterocycles. The highest BCUT2D eigenvalue weighted by atomic mass is 79.9. The number of hydrogen-bond acceptors (Lipinski definition) is 3. The molecule has 0 aliphatic carbocycles. The average Bonchev–Trinajstić information content (AvgIpc) is 2.28. The van der Waals surface area contributed by atoms with E-state index in [0.29, 0.717) is 0 Å². The largest absolute Gasteiger partial charge is 0.461 e. The summed E-state index contributed by atoms with van der Waals surface area (Å²) in [4.78, 5) is 15.1. The average molecular weight is 329 g/mol. The minimum atomic E-state index is -2.69. The molecule has 0 bridgehead atoms. The summed E-state index contributed by atoms with van der Waals surface area (Å²) in [5, 5.41) is 0. The number of carbonyl (C=O) groups excluding carboxylic acids is 1. The molecule has 0 radical (unpaired) electrons. The standard InChI is InChI=1S/C10H9BrClF2NO2/c1-2-17-10(16)8-7(11)5(3-12)6(4-15-8)9(13)14/h4,9H,2-3H2,1H3. The molecule has 94 valence electrons. The molecule has 0 saturated heterocycles. The molecule has 0 unspecified atom stereocenters. The molecule has 1 rings (SSSR count). The van der Waals surface area contributed by atoms with Crippen molar-refractivity contribution in [2.24, 2.45) is 0 Å². The van der Waals surface area contributed by atoms with E-state index in [1.807, 2.05) is 0 Å². The second kappa shape index (κ2) is 6.26. The third-order valence-corrected chi connectivity index (χ3v) is 3.11. The van der Waals surface area contributed by atoms with Crippen LogP contribution in [-0.2, 0) is 10.6 Å². The van der Waals surface area contributed by atoms with Crippen LogP contribution in [0.2, 0.25) is 0 Å². The van der Waals surface area contributed by atoms with Crippen molar-refractivity contribution < 1.29 is 18.3 Å². The molecular weight excluding hydrogens is 319 g/mol.